The van der Waals surface area contributed by atoms with Crippen LogP contribution in [0.2, 0.25) is 0 Å². The molecule has 0 saturated carbocycles. The van der Waals surface area contributed by atoms with Crippen LogP contribution in [-0.2, 0) is 19.4 Å². The van der Waals surface area contributed by atoms with Gasteiger partial charge in [-0.15, -0.1) is 11.3 Å². The zero-order valence-electron chi connectivity index (χ0n) is 17.2. The van der Waals surface area contributed by atoms with Gasteiger partial charge in [-0.25, -0.2) is 4.39 Å². The average molecular weight is 414 g/mol. The molecule has 2 aliphatic rings. The fraction of sp³-hybridized carbons (Fsp3) is 0.522. The summed E-state index contributed by atoms with van der Waals surface area (Å²) in [4.78, 5) is 8.12. The molecule has 0 atom stereocenters. The number of halogens is 1. The van der Waals surface area contributed by atoms with Gasteiger partial charge < -0.3 is 14.3 Å². The van der Waals surface area contributed by atoms with E-state index in [1.807, 2.05) is 17.4 Å². The molecule has 154 valence electrons. The molecule has 5 rings (SSSR count). The first-order chi connectivity index (χ1) is 14.1. The highest BCUT2D eigenvalue weighted by molar-refractivity contribution is 7.12. The summed E-state index contributed by atoms with van der Waals surface area (Å²) in [5, 5.41) is 5.24. The van der Waals surface area contributed by atoms with E-state index in [2.05, 4.69) is 28.9 Å². The summed E-state index contributed by atoms with van der Waals surface area (Å²) >= 11 is 2.00. The van der Waals surface area contributed by atoms with Crippen LogP contribution in [-0.4, -0.2) is 48.2 Å². The van der Waals surface area contributed by atoms with Gasteiger partial charge in [-0.3, -0.25) is 0 Å². The van der Waals surface area contributed by atoms with Crippen LogP contribution in [0.3, 0.4) is 0 Å². The highest BCUT2D eigenvalue weighted by atomic mass is 32.1. The smallest absolute Gasteiger partial charge is 0.170 e. The third-order valence-corrected chi connectivity index (χ3v) is 7.85. The zero-order valence-corrected chi connectivity index (χ0v) is 18.0. The van der Waals surface area contributed by atoms with Gasteiger partial charge in [0.25, 0.3) is 0 Å². The zero-order chi connectivity index (χ0) is 20.0. The van der Waals surface area contributed by atoms with Crippen molar-refractivity contribution < 1.29 is 8.91 Å². The van der Waals surface area contributed by atoms with E-state index in [1.165, 1.54) is 30.0 Å². The van der Waals surface area contributed by atoms with E-state index in [9.17, 15) is 4.39 Å². The molecular weight excluding hydrogens is 385 g/mol. The van der Waals surface area contributed by atoms with E-state index in [1.54, 1.807) is 16.0 Å². The normalized spacial score (nSPS) is 19.1. The minimum atomic E-state index is -0.271. The van der Waals surface area contributed by atoms with Crippen molar-refractivity contribution in [2.75, 3.05) is 33.2 Å². The van der Waals surface area contributed by atoms with Gasteiger partial charge in [0.05, 0.1) is 5.69 Å². The Morgan fingerprint density at radius 2 is 2.07 bits per heavy atom. The maximum Gasteiger partial charge on any atom is 0.170 e. The van der Waals surface area contributed by atoms with Gasteiger partial charge in [-0.2, -0.15) is 0 Å². The molecule has 0 aliphatic carbocycles. The largest absolute Gasteiger partial charge is 0.356 e. The molecule has 1 aromatic carbocycles. The van der Waals surface area contributed by atoms with Crippen molar-refractivity contribution in [3.63, 3.8) is 0 Å². The lowest BCUT2D eigenvalue weighted by atomic mass is 9.91. The Morgan fingerprint density at radius 1 is 1.24 bits per heavy atom. The molecule has 0 radical (unpaired) electrons. The van der Waals surface area contributed by atoms with Crippen LogP contribution in [0.5, 0.6) is 0 Å². The predicted octanol–water partition coefficient (Wildman–Crippen LogP) is 4.75. The fourth-order valence-electron chi connectivity index (χ4n) is 4.99. The lowest BCUT2D eigenvalue weighted by molar-refractivity contribution is 0.211. The van der Waals surface area contributed by atoms with Crippen LogP contribution in [0, 0.1) is 12.7 Å². The maximum atomic E-state index is 13.4. The first-order valence-electron chi connectivity index (χ1n) is 10.6. The van der Waals surface area contributed by atoms with Crippen LogP contribution >= 0.6 is 11.3 Å². The molecule has 0 bridgehead atoms. The number of fused-ring (bicyclic) bond motifs is 2. The van der Waals surface area contributed by atoms with Crippen LogP contribution in [0.1, 0.15) is 45.3 Å². The minimum Gasteiger partial charge on any atom is -0.356 e. The maximum absolute atomic E-state index is 13.4. The Balaban J connectivity index is 1.21. The number of rotatable bonds is 4. The highest BCUT2D eigenvalue weighted by Crippen LogP contribution is 2.35. The van der Waals surface area contributed by atoms with Gasteiger partial charge in [0, 0.05) is 46.8 Å². The van der Waals surface area contributed by atoms with Crippen molar-refractivity contribution in [2.24, 2.45) is 0 Å². The second kappa shape index (κ2) is 7.82. The first kappa shape index (κ1) is 19.2. The first-order valence-corrected chi connectivity index (χ1v) is 11.5. The standard InChI is InChI=1S/C23H28FN3OS/c1-15-18(19-7-9-26(2)14-22(19)29-15)8-12-27-10-5-16(6-11-27)23-20-4-3-17(24)13-21(20)28-25-23/h3-4,13,16H,5-12,14H2,1-2H3. The van der Waals surface area contributed by atoms with Crippen LogP contribution in [0.4, 0.5) is 4.39 Å². The summed E-state index contributed by atoms with van der Waals surface area (Å²) in [6, 6.07) is 4.74. The summed E-state index contributed by atoms with van der Waals surface area (Å²) in [6.07, 6.45) is 4.54. The lowest BCUT2D eigenvalue weighted by Crippen LogP contribution is -2.34. The number of thiophene rings is 1. The Hall–Kier alpha value is -1.76. The number of likely N-dealkylation sites (tertiary alicyclic amines) is 1. The molecule has 6 heteroatoms. The van der Waals surface area contributed by atoms with E-state index in [4.69, 9.17) is 4.52 Å². The van der Waals surface area contributed by atoms with E-state index in [0.29, 0.717) is 11.5 Å². The van der Waals surface area contributed by atoms with Gasteiger partial charge in [0.15, 0.2) is 5.58 Å². The van der Waals surface area contributed by atoms with Gasteiger partial charge in [-0.05, 0) is 76.0 Å². The number of piperidine rings is 1. The number of hydrogen-bond acceptors (Lipinski definition) is 5. The SMILES string of the molecule is Cc1sc2c(c1CCN1CCC(c3noc4cc(F)ccc34)CC1)CCN(C)C2. The molecule has 1 saturated heterocycles. The van der Waals surface area contributed by atoms with Crippen molar-refractivity contribution in [1.82, 2.24) is 15.0 Å². The van der Waals surface area contributed by atoms with Crippen molar-refractivity contribution in [3.05, 3.63) is 50.6 Å². The number of aryl methyl sites for hydroxylation is 1. The Morgan fingerprint density at radius 3 is 2.90 bits per heavy atom. The summed E-state index contributed by atoms with van der Waals surface area (Å²) in [5.74, 6) is 0.136. The molecule has 0 unspecified atom stereocenters. The third kappa shape index (κ3) is 3.74. The number of nitrogens with zero attached hydrogens (tertiary/aromatic N) is 3. The second-order valence-corrected chi connectivity index (χ2v) is 9.91. The molecule has 3 aromatic rings. The van der Waals surface area contributed by atoms with Crippen molar-refractivity contribution in [3.8, 4) is 0 Å². The van der Waals surface area contributed by atoms with Crippen LogP contribution < -0.4 is 0 Å². The Labute approximate surface area is 175 Å². The Bertz CT molecular complexity index is 1020. The predicted molar refractivity (Wildman–Crippen MR) is 115 cm³/mol. The second-order valence-electron chi connectivity index (χ2n) is 8.60. The van der Waals surface area contributed by atoms with Crippen molar-refractivity contribution in [1.29, 1.82) is 0 Å². The Kier molecular flexibility index (Phi) is 5.18. The molecule has 4 nitrogen and oxygen atoms in total. The van der Waals surface area contributed by atoms with Crippen molar-refractivity contribution >= 4 is 22.3 Å². The molecule has 2 aliphatic heterocycles. The minimum absolute atomic E-state index is 0.271. The topological polar surface area (TPSA) is 32.5 Å². The number of aromatic nitrogens is 1. The molecule has 0 spiro atoms. The van der Waals surface area contributed by atoms with Gasteiger partial charge >= 0.3 is 0 Å². The number of likely N-dealkylation sites (N-methyl/N-ethyl adjacent to an activating group) is 1. The van der Waals surface area contributed by atoms with Crippen LogP contribution in [0.25, 0.3) is 11.0 Å². The molecule has 0 amide bonds. The van der Waals surface area contributed by atoms with Gasteiger partial charge in [0.2, 0.25) is 0 Å². The summed E-state index contributed by atoms with van der Waals surface area (Å²) in [7, 11) is 2.22. The third-order valence-electron chi connectivity index (χ3n) is 6.67. The molecule has 0 N–H and O–H groups in total. The van der Waals surface area contributed by atoms with E-state index in [-0.39, 0.29) is 5.82 Å². The average Bonchev–Trinajstić information content (AvgIpc) is 3.26. The molecular formula is C23H28FN3OS. The molecule has 29 heavy (non-hydrogen) atoms. The fourth-order valence-corrected chi connectivity index (χ4v) is 6.34. The summed E-state index contributed by atoms with van der Waals surface area (Å²) < 4.78 is 18.8. The molecule has 2 aromatic heterocycles. The summed E-state index contributed by atoms with van der Waals surface area (Å²) in [5.41, 5.74) is 4.82. The summed E-state index contributed by atoms with van der Waals surface area (Å²) in [6.45, 7) is 7.90. The van der Waals surface area contributed by atoms with Crippen molar-refractivity contribution in [2.45, 2.75) is 45.1 Å². The monoisotopic (exact) mass is 413 g/mol. The van der Waals surface area contributed by atoms with Gasteiger partial charge in [0.1, 0.15) is 5.82 Å². The molecule has 4 heterocycles. The van der Waals surface area contributed by atoms with Crippen LogP contribution in [0.15, 0.2) is 22.7 Å². The van der Waals surface area contributed by atoms with Gasteiger partial charge in [-0.1, -0.05) is 5.16 Å². The number of benzene rings is 1. The highest BCUT2D eigenvalue weighted by Gasteiger charge is 2.26. The van der Waals surface area contributed by atoms with E-state index >= 15 is 0 Å². The quantitative estimate of drug-likeness (QED) is 0.618. The lowest BCUT2D eigenvalue weighted by Gasteiger charge is -2.31. The van der Waals surface area contributed by atoms with E-state index < -0.39 is 0 Å². The number of hydrogen-bond donors (Lipinski definition) is 0. The molecule has 1 fully saturated rings. The van der Waals surface area contributed by atoms with E-state index in [0.717, 1.165) is 56.5 Å².